The standard InChI is InChI=1S/C20H17NO5/c1-12-9-14(25-8-7-21)11-16-18(12)19(22)17(26-16)10-13-5-4-6-15(23-2)20(13)24-3/h4-6,9-11H,8H2,1-3H3/b17-10-. The number of nitriles is 1. The molecule has 0 amide bonds. The first-order valence-electron chi connectivity index (χ1n) is 7.88. The Balaban J connectivity index is 1.99. The molecule has 6 nitrogen and oxygen atoms in total. The van der Waals surface area contributed by atoms with Gasteiger partial charge in [-0.2, -0.15) is 5.26 Å². The first-order valence-corrected chi connectivity index (χ1v) is 7.88. The summed E-state index contributed by atoms with van der Waals surface area (Å²) in [5, 5.41) is 8.64. The van der Waals surface area contributed by atoms with Crippen LogP contribution in [0.25, 0.3) is 6.08 Å². The number of hydrogen-bond donors (Lipinski definition) is 0. The summed E-state index contributed by atoms with van der Waals surface area (Å²) in [6.45, 7) is 1.73. The molecule has 2 aromatic rings. The molecule has 0 fully saturated rings. The first-order chi connectivity index (χ1) is 12.6. The second kappa shape index (κ2) is 7.19. The Morgan fingerprint density at radius 2 is 2.04 bits per heavy atom. The highest BCUT2D eigenvalue weighted by atomic mass is 16.5. The second-order valence-electron chi connectivity index (χ2n) is 5.58. The molecule has 132 valence electrons. The van der Waals surface area contributed by atoms with Gasteiger partial charge in [-0.3, -0.25) is 4.79 Å². The lowest BCUT2D eigenvalue weighted by Crippen LogP contribution is -2.01. The van der Waals surface area contributed by atoms with Crippen LogP contribution >= 0.6 is 0 Å². The molecular weight excluding hydrogens is 334 g/mol. The smallest absolute Gasteiger partial charge is 0.232 e. The van der Waals surface area contributed by atoms with E-state index in [0.717, 1.165) is 5.56 Å². The molecule has 0 bridgehead atoms. The highest BCUT2D eigenvalue weighted by Crippen LogP contribution is 2.39. The van der Waals surface area contributed by atoms with Crippen LogP contribution < -0.4 is 18.9 Å². The number of para-hydroxylation sites is 1. The Morgan fingerprint density at radius 1 is 1.23 bits per heavy atom. The van der Waals surface area contributed by atoms with Gasteiger partial charge in [-0.15, -0.1) is 0 Å². The molecule has 2 aromatic carbocycles. The van der Waals surface area contributed by atoms with Gasteiger partial charge in [0.05, 0.1) is 19.8 Å². The van der Waals surface area contributed by atoms with Gasteiger partial charge < -0.3 is 18.9 Å². The van der Waals surface area contributed by atoms with Crippen molar-refractivity contribution in [2.75, 3.05) is 20.8 Å². The van der Waals surface area contributed by atoms with Crippen LogP contribution in [-0.4, -0.2) is 26.6 Å². The van der Waals surface area contributed by atoms with Crippen LogP contribution in [-0.2, 0) is 0 Å². The van der Waals surface area contributed by atoms with Gasteiger partial charge in [0.25, 0.3) is 0 Å². The topological polar surface area (TPSA) is 77.8 Å². The number of ketones is 1. The highest BCUT2D eigenvalue weighted by Gasteiger charge is 2.30. The number of allylic oxidation sites excluding steroid dienone is 1. The normalized spacial score (nSPS) is 13.8. The van der Waals surface area contributed by atoms with Crippen molar-refractivity contribution in [3.8, 4) is 29.1 Å². The number of carbonyl (C=O) groups is 1. The highest BCUT2D eigenvalue weighted by molar-refractivity contribution is 6.15. The van der Waals surface area contributed by atoms with Gasteiger partial charge in [-0.05, 0) is 30.7 Å². The molecule has 0 saturated carbocycles. The lowest BCUT2D eigenvalue weighted by molar-refractivity contribution is 0.101. The molecule has 0 radical (unpaired) electrons. The van der Waals surface area contributed by atoms with Crippen LogP contribution in [0.5, 0.6) is 23.0 Å². The van der Waals surface area contributed by atoms with E-state index in [2.05, 4.69) is 0 Å². The van der Waals surface area contributed by atoms with E-state index in [1.54, 1.807) is 44.4 Å². The number of benzene rings is 2. The van der Waals surface area contributed by atoms with Crippen molar-refractivity contribution in [3.63, 3.8) is 0 Å². The molecule has 26 heavy (non-hydrogen) atoms. The van der Waals surface area contributed by atoms with Crippen LogP contribution in [0.2, 0.25) is 0 Å². The van der Waals surface area contributed by atoms with Crippen LogP contribution in [0.3, 0.4) is 0 Å². The molecule has 1 aliphatic rings. The van der Waals surface area contributed by atoms with Crippen molar-refractivity contribution in [3.05, 3.63) is 52.8 Å². The number of nitrogens with zero attached hydrogens (tertiary/aromatic N) is 1. The Hall–Kier alpha value is -3.46. The van der Waals surface area contributed by atoms with Crippen molar-refractivity contribution in [1.29, 1.82) is 5.26 Å². The maximum Gasteiger partial charge on any atom is 0.232 e. The lowest BCUT2D eigenvalue weighted by Gasteiger charge is -2.10. The minimum absolute atomic E-state index is 0.0735. The molecule has 0 unspecified atom stereocenters. The number of hydrogen-bond acceptors (Lipinski definition) is 6. The fraction of sp³-hybridized carbons (Fsp3) is 0.200. The average Bonchev–Trinajstić information content (AvgIpc) is 2.95. The van der Waals surface area contributed by atoms with Gasteiger partial charge >= 0.3 is 0 Å². The van der Waals surface area contributed by atoms with Crippen molar-refractivity contribution in [1.82, 2.24) is 0 Å². The van der Waals surface area contributed by atoms with E-state index < -0.39 is 0 Å². The van der Waals surface area contributed by atoms with E-state index in [9.17, 15) is 4.79 Å². The molecule has 0 N–H and O–H groups in total. The third-order valence-electron chi connectivity index (χ3n) is 3.97. The van der Waals surface area contributed by atoms with E-state index in [4.69, 9.17) is 24.2 Å². The van der Waals surface area contributed by atoms with Crippen molar-refractivity contribution < 1.29 is 23.7 Å². The van der Waals surface area contributed by atoms with Crippen LogP contribution in [0, 0.1) is 18.3 Å². The Morgan fingerprint density at radius 3 is 2.73 bits per heavy atom. The number of Topliss-reactive ketones (excluding diaryl/α,β-unsaturated/α-hetero) is 1. The van der Waals surface area contributed by atoms with E-state index in [-0.39, 0.29) is 18.1 Å². The quantitative estimate of drug-likeness (QED) is 0.767. The largest absolute Gasteiger partial charge is 0.493 e. The van der Waals surface area contributed by atoms with Crippen LogP contribution in [0.1, 0.15) is 21.5 Å². The maximum atomic E-state index is 12.7. The Bertz CT molecular complexity index is 940. The average molecular weight is 351 g/mol. The van der Waals surface area contributed by atoms with Gasteiger partial charge in [0.2, 0.25) is 5.78 Å². The summed E-state index contributed by atoms with van der Waals surface area (Å²) < 4.78 is 21.7. The molecule has 0 saturated heterocycles. The number of fused-ring (bicyclic) bond motifs is 1. The minimum Gasteiger partial charge on any atom is -0.493 e. The van der Waals surface area contributed by atoms with E-state index in [1.807, 2.05) is 12.1 Å². The summed E-state index contributed by atoms with van der Waals surface area (Å²) >= 11 is 0. The number of aryl methyl sites for hydroxylation is 1. The van der Waals surface area contributed by atoms with Gasteiger partial charge in [-0.25, -0.2) is 0 Å². The predicted octanol–water partition coefficient (Wildman–Crippen LogP) is 3.53. The zero-order valence-corrected chi connectivity index (χ0v) is 14.7. The van der Waals surface area contributed by atoms with Crippen molar-refractivity contribution in [2.24, 2.45) is 0 Å². The minimum atomic E-state index is -0.214. The molecule has 0 spiro atoms. The molecule has 1 heterocycles. The van der Waals surface area contributed by atoms with Gasteiger partial charge in [0.1, 0.15) is 17.6 Å². The molecule has 0 aliphatic carbocycles. The van der Waals surface area contributed by atoms with E-state index in [0.29, 0.717) is 34.1 Å². The summed E-state index contributed by atoms with van der Waals surface area (Å²) in [5.41, 5.74) is 1.88. The molecule has 0 atom stereocenters. The van der Waals surface area contributed by atoms with Gasteiger partial charge in [0, 0.05) is 11.6 Å². The van der Waals surface area contributed by atoms with Crippen molar-refractivity contribution >= 4 is 11.9 Å². The zero-order chi connectivity index (χ0) is 18.7. The zero-order valence-electron chi connectivity index (χ0n) is 14.7. The van der Waals surface area contributed by atoms with Crippen molar-refractivity contribution in [2.45, 2.75) is 6.92 Å². The van der Waals surface area contributed by atoms with Gasteiger partial charge in [0.15, 0.2) is 23.9 Å². The van der Waals surface area contributed by atoms with Gasteiger partial charge in [-0.1, -0.05) is 12.1 Å². The fourth-order valence-electron chi connectivity index (χ4n) is 2.84. The SMILES string of the molecule is COc1cccc(/C=C2\Oc3cc(OCC#N)cc(C)c3C2=O)c1OC. The maximum absolute atomic E-state index is 12.7. The molecular formula is C20H17NO5. The number of carbonyl (C=O) groups excluding carboxylic acids is 1. The number of rotatable bonds is 5. The molecule has 1 aliphatic heterocycles. The summed E-state index contributed by atoms with van der Waals surface area (Å²) in [4.78, 5) is 12.7. The first kappa shape index (κ1) is 17.4. The van der Waals surface area contributed by atoms with Crippen LogP contribution in [0.15, 0.2) is 36.1 Å². The third kappa shape index (κ3) is 3.07. The number of methoxy groups -OCH3 is 2. The second-order valence-corrected chi connectivity index (χ2v) is 5.58. The predicted molar refractivity (Wildman–Crippen MR) is 94.8 cm³/mol. The third-order valence-corrected chi connectivity index (χ3v) is 3.97. The summed E-state index contributed by atoms with van der Waals surface area (Å²) in [6, 6.07) is 10.6. The fourth-order valence-corrected chi connectivity index (χ4v) is 2.84. The summed E-state index contributed by atoms with van der Waals surface area (Å²) in [5.74, 6) is 1.95. The van der Waals surface area contributed by atoms with Crippen LogP contribution in [0.4, 0.5) is 0 Å². The number of ether oxygens (including phenoxy) is 4. The lowest BCUT2D eigenvalue weighted by atomic mass is 10.0. The molecule has 3 rings (SSSR count). The molecule has 0 aromatic heterocycles. The van der Waals surface area contributed by atoms with E-state index in [1.165, 1.54) is 7.11 Å². The summed E-state index contributed by atoms with van der Waals surface area (Å²) in [7, 11) is 3.09. The molecule has 6 heteroatoms. The summed E-state index contributed by atoms with van der Waals surface area (Å²) in [6.07, 6.45) is 1.62. The Labute approximate surface area is 151 Å². The Kier molecular flexibility index (Phi) is 4.81. The monoisotopic (exact) mass is 351 g/mol. The van der Waals surface area contributed by atoms with E-state index >= 15 is 0 Å².